The first-order valence-electron chi connectivity index (χ1n) is 17.1. The summed E-state index contributed by atoms with van der Waals surface area (Å²) < 4.78 is 17.1. The minimum absolute atomic E-state index is 0.00207. The molecule has 0 saturated heterocycles. The maximum absolute atomic E-state index is 11.9. The Morgan fingerprint density at radius 1 is 0.686 bits per heavy atom. The highest BCUT2D eigenvalue weighted by molar-refractivity contribution is 5.96. The molecule has 2 aliphatic rings. The van der Waals surface area contributed by atoms with Crippen LogP contribution < -0.4 is 14.2 Å². The number of aryl methyl sites for hydroxylation is 1. The van der Waals surface area contributed by atoms with Crippen molar-refractivity contribution in [3.63, 3.8) is 0 Å². The van der Waals surface area contributed by atoms with Crippen LogP contribution in [0.4, 0.5) is 5.69 Å². The van der Waals surface area contributed by atoms with Gasteiger partial charge in [0.1, 0.15) is 0 Å². The summed E-state index contributed by atoms with van der Waals surface area (Å²) in [6.07, 6.45) is 13.4. The summed E-state index contributed by atoms with van der Waals surface area (Å²) in [4.78, 5) is 29.1. The molecule has 0 unspecified atom stereocenters. The molecular formula is C41H39N5O5. The predicted molar refractivity (Wildman–Crippen MR) is 204 cm³/mol. The van der Waals surface area contributed by atoms with E-state index in [2.05, 4.69) is 29.0 Å². The monoisotopic (exact) mass is 681 g/mol. The van der Waals surface area contributed by atoms with Gasteiger partial charge in [-0.05, 0) is 90.7 Å². The zero-order valence-electron chi connectivity index (χ0n) is 29.1. The maximum Gasteiger partial charge on any atom is 0.270 e. The van der Waals surface area contributed by atoms with Crippen LogP contribution in [-0.4, -0.2) is 46.2 Å². The fourth-order valence-electron chi connectivity index (χ4n) is 6.80. The van der Waals surface area contributed by atoms with E-state index < -0.39 is 0 Å². The number of hydrogen-bond donors (Lipinski definition) is 2. The van der Waals surface area contributed by atoms with Gasteiger partial charge in [-0.15, -0.1) is 0 Å². The number of ether oxygens (including phenoxy) is 3. The van der Waals surface area contributed by atoms with Crippen molar-refractivity contribution >= 4 is 52.1 Å². The van der Waals surface area contributed by atoms with Crippen molar-refractivity contribution in [3.8, 4) is 39.5 Å². The lowest BCUT2D eigenvalue weighted by atomic mass is 10.0. The summed E-state index contributed by atoms with van der Waals surface area (Å²) in [5.41, 5.74) is 10.7. The van der Waals surface area contributed by atoms with Crippen LogP contribution in [0.15, 0.2) is 66.7 Å². The van der Waals surface area contributed by atoms with E-state index in [9.17, 15) is 10.1 Å². The number of aromatic nitrogens is 4. The van der Waals surface area contributed by atoms with Crippen LogP contribution in [0.5, 0.6) is 17.2 Å². The van der Waals surface area contributed by atoms with E-state index in [0.29, 0.717) is 34.2 Å². The smallest absolute Gasteiger partial charge is 0.270 e. The molecule has 0 amide bonds. The number of H-pyrrole nitrogens is 2. The number of benzene rings is 2. The van der Waals surface area contributed by atoms with Gasteiger partial charge in [0.2, 0.25) is 5.75 Å². The van der Waals surface area contributed by atoms with Gasteiger partial charge in [-0.3, -0.25) is 10.1 Å². The number of methoxy groups -OCH3 is 3. The lowest BCUT2D eigenvalue weighted by Crippen LogP contribution is -1.96. The summed E-state index contributed by atoms with van der Waals surface area (Å²) >= 11 is 0. The molecule has 5 heterocycles. The fraction of sp³-hybridized carbons (Fsp3) is 0.220. The molecule has 5 aromatic rings. The van der Waals surface area contributed by atoms with E-state index in [0.717, 1.165) is 81.4 Å². The van der Waals surface area contributed by atoms with E-state index in [1.165, 1.54) is 12.5 Å². The number of nitrogens with one attached hydrogen (secondary N) is 2. The highest BCUT2D eigenvalue weighted by Crippen LogP contribution is 2.43. The Hall–Kier alpha value is -6.16. The Labute approximate surface area is 295 Å². The Bertz CT molecular complexity index is 2340. The molecule has 2 N–H and O–H groups in total. The summed E-state index contributed by atoms with van der Waals surface area (Å²) in [5.74, 6) is 1.50. The average Bonchev–Trinajstić information content (AvgIpc) is 3.98. The van der Waals surface area contributed by atoms with Gasteiger partial charge in [-0.2, -0.15) is 0 Å². The first-order chi connectivity index (χ1) is 24.9. The van der Waals surface area contributed by atoms with Crippen molar-refractivity contribution < 1.29 is 19.1 Å². The third-order valence-corrected chi connectivity index (χ3v) is 9.26. The van der Waals surface area contributed by atoms with E-state index in [4.69, 9.17) is 24.2 Å². The first kappa shape index (κ1) is 33.3. The number of nitrogens with zero attached hydrogens (tertiary/aromatic N) is 3. The summed E-state index contributed by atoms with van der Waals surface area (Å²) in [6.45, 7) is 2.21. The molecule has 0 atom stereocenters. The topological polar surface area (TPSA) is 128 Å². The van der Waals surface area contributed by atoms with E-state index in [1.807, 2.05) is 60.7 Å². The van der Waals surface area contributed by atoms with Gasteiger partial charge in [0, 0.05) is 50.9 Å². The standard InChI is InChI=1S/C41H39N5O5/c1-5-6-7-8-12-30-31-15-13-27(42-31)24-28-14-16-33(43-28)40(26-22-37(49-2)41(51-4)38(23-26)50-3)36-20-19-35(45-36)39(34-18-17-32(30)44-34)25-10-9-11-29(21-25)46(47)48/h9-11,13-24,43-44H,5-8,12H2,1-4H3. The molecule has 10 heteroatoms. The zero-order chi connectivity index (χ0) is 35.5. The van der Waals surface area contributed by atoms with E-state index in [-0.39, 0.29) is 10.6 Å². The Morgan fingerprint density at radius 2 is 1.37 bits per heavy atom. The van der Waals surface area contributed by atoms with Crippen LogP contribution in [0.3, 0.4) is 0 Å². The molecular weight excluding hydrogens is 642 g/mol. The molecule has 0 fully saturated rings. The third kappa shape index (κ3) is 6.60. The number of non-ortho nitro benzene ring substituents is 1. The van der Waals surface area contributed by atoms with Crippen molar-refractivity contribution in [2.45, 2.75) is 39.0 Å². The number of rotatable bonds is 11. The van der Waals surface area contributed by atoms with Crippen LogP contribution in [0.25, 0.3) is 68.6 Å². The highest BCUT2D eigenvalue weighted by Gasteiger charge is 2.20. The first-order valence-corrected chi connectivity index (χ1v) is 17.1. The summed E-state index contributed by atoms with van der Waals surface area (Å²) in [5, 5.41) is 11.9. The lowest BCUT2D eigenvalue weighted by Gasteiger charge is -2.14. The van der Waals surface area contributed by atoms with Crippen molar-refractivity contribution in [2.75, 3.05) is 21.3 Å². The molecule has 2 aromatic carbocycles. The molecule has 0 spiro atoms. The quantitative estimate of drug-likeness (QED) is 0.0790. The summed E-state index contributed by atoms with van der Waals surface area (Å²) in [7, 11) is 4.75. The minimum Gasteiger partial charge on any atom is -0.493 e. The second-order valence-corrected chi connectivity index (χ2v) is 12.5. The normalized spacial score (nSPS) is 11.9. The van der Waals surface area contributed by atoms with Gasteiger partial charge in [-0.25, -0.2) is 9.97 Å². The van der Waals surface area contributed by atoms with E-state index >= 15 is 0 Å². The molecule has 0 aliphatic carbocycles. The fourth-order valence-corrected chi connectivity index (χ4v) is 6.80. The Morgan fingerprint density at radius 3 is 2.08 bits per heavy atom. The molecule has 51 heavy (non-hydrogen) atoms. The lowest BCUT2D eigenvalue weighted by molar-refractivity contribution is -0.384. The minimum atomic E-state index is -0.374. The molecule has 8 bridgehead atoms. The molecule has 2 aliphatic heterocycles. The number of nitro benzene ring substituents is 1. The Kier molecular flexibility index (Phi) is 9.39. The van der Waals surface area contributed by atoms with Crippen molar-refractivity contribution in [1.29, 1.82) is 0 Å². The number of hydrogen-bond acceptors (Lipinski definition) is 7. The van der Waals surface area contributed by atoms with Gasteiger partial charge < -0.3 is 24.2 Å². The highest BCUT2D eigenvalue weighted by atomic mass is 16.6. The molecule has 0 saturated carbocycles. The van der Waals surface area contributed by atoms with Crippen molar-refractivity contribution in [3.05, 3.63) is 105 Å². The Balaban J connectivity index is 1.59. The number of fused-ring (bicyclic) bond motifs is 8. The SMILES string of the molecule is CCCCCCc1c2nc(cc3ccc([nH]3)c(-c3cc(OC)c(OC)c(OC)c3)c3nc(c(-c4cccc([N+](=O)[O-])c4)c4ccc1[nH]4)C=C3)C=C2. The van der Waals surface area contributed by atoms with Gasteiger partial charge in [-0.1, -0.05) is 38.3 Å². The number of aromatic amines is 2. The number of unbranched alkanes of at least 4 members (excludes halogenated alkanes) is 3. The maximum atomic E-state index is 11.9. The van der Waals surface area contributed by atoms with Gasteiger partial charge in [0.25, 0.3) is 5.69 Å². The third-order valence-electron chi connectivity index (χ3n) is 9.26. The molecule has 258 valence electrons. The second kappa shape index (κ2) is 14.4. The van der Waals surface area contributed by atoms with Gasteiger partial charge in [0.15, 0.2) is 11.5 Å². The van der Waals surface area contributed by atoms with Crippen LogP contribution in [0.1, 0.15) is 60.9 Å². The van der Waals surface area contributed by atoms with Crippen molar-refractivity contribution in [1.82, 2.24) is 19.9 Å². The van der Waals surface area contributed by atoms with Crippen LogP contribution >= 0.6 is 0 Å². The molecule has 0 radical (unpaired) electrons. The second-order valence-electron chi connectivity index (χ2n) is 12.5. The zero-order valence-corrected chi connectivity index (χ0v) is 29.1. The largest absolute Gasteiger partial charge is 0.493 e. The number of nitro groups is 1. The van der Waals surface area contributed by atoms with Crippen molar-refractivity contribution in [2.24, 2.45) is 0 Å². The molecule has 7 rings (SSSR count). The summed E-state index contributed by atoms with van der Waals surface area (Å²) in [6, 6.07) is 20.7. The molecule has 3 aromatic heterocycles. The van der Waals surface area contributed by atoms with Crippen LogP contribution in [0, 0.1) is 10.1 Å². The average molecular weight is 682 g/mol. The van der Waals surface area contributed by atoms with Gasteiger partial charge >= 0.3 is 0 Å². The predicted octanol–water partition coefficient (Wildman–Crippen LogP) is 10.0. The van der Waals surface area contributed by atoms with Crippen LogP contribution in [-0.2, 0) is 6.42 Å². The van der Waals surface area contributed by atoms with Gasteiger partial charge in [0.05, 0.1) is 49.0 Å². The van der Waals surface area contributed by atoms with Crippen LogP contribution in [0.2, 0.25) is 0 Å². The molecule has 10 nitrogen and oxygen atoms in total. The van der Waals surface area contributed by atoms with E-state index in [1.54, 1.807) is 33.5 Å².